The summed E-state index contributed by atoms with van der Waals surface area (Å²) in [7, 11) is 0. The molecule has 0 saturated heterocycles. The quantitative estimate of drug-likeness (QED) is 0.494. The molecule has 0 aliphatic heterocycles. The molecule has 0 aromatic rings. The molecule has 0 radical (unpaired) electrons. The fourth-order valence-corrected chi connectivity index (χ4v) is 0.711. The van der Waals surface area contributed by atoms with Crippen LogP contribution in [0, 0.1) is 0 Å². The van der Waals surface area contributed by atoms with Crippen molar-refractivity contribution in [3.8, 4) is 0 Å². The smallest absolute Gasteiger partial charge is 0.202 e. The van der Waals surface area contributed by atoms with E-state index in [4.69, 9.17) is 0 Å². The predicted octanol–water partition coefficient (Wildman–Crippen LogP) is 3.79. The van der Waals surface area contributed by atoms with Crippen LogP contribution < -0.4 is 0 Å². The Morgan fingerprint density at radius 2 is 1.21 bits per heavy atom. The van der Waals surface area contributed by atoms with Gasteiger partial charge in [0.25, 0.3) is 11.8 Å². The monoisotopic (exact) mass is 224 g/mol. The minimum absolute atomic E-state index is 0.0853. The zero-order chi connectivity index (χ0) is 11.8. The summed E-state index contributed by atoms with van der Waals surface area (Å²) in [5.74, 6) is -8.26. The standard InChI is InChI=1S/C7H7F7/c1-5(8,9)3-4(6(2,10)11)7(12,13)14/h3H,1-2H3. The van der Waals surface area contributed by atoms with Gasteiger partial charge in [-0.05, 0) is 6.08 Å². The Balaban J connectivity index is 5.26. The molecule has 0 aliphatic rings. The van der Waals surface area contributed by atoms with Gasteiger partial charge in [0.05, 0.1) is 0 Å². The fraction of sp³-hybridized carbons (Fsp3) is 0.714. The normalized spacial score (nSPS) is 15.9. The van der Waals surface area contributed by atoms with Gasteiger partial charge in [0.15, 0.2) is 0 Å². The summed E-state index contributed by atoms with van der Waals surface area (Å²) in [5.41, 5.74) is -2.53. The molecule has 0 heterocycles. The van der Waals surface area contributed by atoms with Crippen LogP contribution in [0.25, 0.3) is 0 Å². The largest absolute Gasteiger partial charge is 0.418 e. The maximum atomic E-state index is 12.3. The second-order valence-corrected chi connectivity index (χ2v) is 2.90. The van der Waals surface area contributed by atoms with Gasteiger partial charge in [0.2, 0.25) is 0 Å². The van der Waals surface area contributed by atoms with Crippen LogP contribution in [-0.4, -0.2) is 18.0 Å². The minimum atomic E-state index is -5.46. The van der Waals surface area contributed by atoms with E-state index < -0.39 is 29.7 Å². The molecular weight excluding hydrogens is 217 g/mol. The number of hydrogen-bond acceptors (Lipinski definition) is 0. The van der Waals surface area contributed by atoms with Crippen LogP contribution in [0.2, 0.25) is 0 Å². The number of alkyl halides is 7. The van der Waals surface area contributed by atoms with Crippen molar-refractivity contribution in [1.82, 2.24) is 0 Å². The summed E-state index contributed by atoms with van der Waals surface area (Å²) in [4.78, 5) is 0. The maximum absolute atomic E-state index is 12.3. The predicted molar refractivity (Wildman–Crippen MR) is 35.4 cm³/mol. The van der Waals surface area contributed by atoms with E-state index in [1.54, 1.807) is 0 Å². The van der Waals surface area contributed by atoms with E-state index in [0.717, 1.165) is 0 Å². The molecule has 0 unspecified atom stereocenters. The van der Waals surface area contributed by atoms with Gasteiger partial charge in [0, 0.05) is 13.8 Å². The van der Waals surface area contributed by atoms with Crippen molar-refractivity contribution in [1.29, 1.82) is 0 Å². The highest BCUT2D eigenvalue weighted by Crippen LogP contribution is 2.39. The molecule has 0 N–H and O–H groups in total. The minimum Gasteiger partial charge on any atom is -0.202 e. The first-order valence-electron chi connectivity index (χ1n) is 3.40. The van der Waals surface area contributed by atoms with Crippen LogP contribution in [0.4, 0.5) is 30.7 Å². The molecule has 0 atom stereocenters. The van der Waals surface area contributed by atoms with E-state index in [1.807, 2.05) is 0 Å². The summed E-state index contributed by atoms with van der Waals surface area (Å²) in [6.07, 6.45) is -6.23. The summed E-state index contributed by atoms with van der Waals surface area (Å²) < 4.78 is 84.4. The van der Waals surface area contributed by atoms with Crippen LogP contribution in [0.1, 0.15) is 13.8 Å². The molecule has 0 spiro atoms. The molecule has 0 aromatic heterocycles. The average molecular weight is 224 g/mol. The molecule has 14 heavy (non-hydrogen) atoms. The first-order valence-corrected chi connectivity index (χ1v) is 3.40. The van der Waals surface area contributed by atoms with Crippen LogP contribution in [0.15, 0.2) is 11.6 Å². The Labute approximate surface area is 75.4 Å². The molecule has 0 aromatic carbocycles. The highest BCUT2D eigenvalue weighted by atomic mass is 19.4. The van der Waals surface area contributed by atoms with Crippen molar-refractivity contribution in [3.05, 3.63) is 11.6 Å². The summed E-state index contributed by atoms with van der Waals surface area (Å²) in [6.45, 7) is 0.0164. The number of hydrogen-bond donors (Lipinski definition) is 0. The Morgan fingerprint density at radius 3 is 1.29 bits per heavy atom. The Bertz CT molecular complexity index is 208. The third kappa shape index (κ3) is 4.48. The molecule has 84 valence electrons. The maximum Gasteiger partial charge on any atom is 0.418 e. The van der Waals surface area contributed by atoms with Gasteiger partial charge in [-0.25, -0.2) is 17.6 Å². The van der Waals surface area contributed by atoms with Crippen molar-refractivity contribution in [3.63, 3.8) is 0 Å². The van der Waals surface area contributed by atoms with Crippen molar-refractivity contribution >= 4 is 0 Å². The number of allylic oxidation sites excluding steroid dienone is 2. The van der Waals surface area contributed by atoms with E-state index in [0.29, 0.717) is 0 Å². The summed E-state index contributed by atoms with van der Waals surface area (Å²) >= 11 is 0. The fourth-order valence-electron chi connectivity index (χ4n) is 0.711. The Kier molecular flexibility index (Phi) is 3.25. The zero-order valence-corrected chi connectivity index (χ0v) is 7.22. The van der Waals surface area contributed by atoms with Crippen molar-refractivity contribution in [2.45, 2.75) is 31.9 Å². The molecule has 0 saturated carbocycles. The summed E-state index contributed by atoms with van der Waals surface area (Å²) in [6, 6.07) is 0. The summed E-state index contributed by atoms with van der Waals surface area (Å²) in [5, 5.41) is 0. The van der Waals surface area contributed by atoms with Crippen LogP contribution in [0.3, 0.4) is 0 Å². The molecule has 0 fully saturated rings. The molecule has 0 bridgehead atoms. The van der Waals surface area contributed by atoms with Crippen molar-refractivity contribution < 1.29 is 30.7 Å². The molecule has 7 heteroatoms. The lowest BCUT2D eigenvalue weighted by molar-refractivity contribution is -0.128. The van der Waals surface area contributed by atoms with Crippen LogP contribution in [-0.2, 0) is 0 Å². The highest BCUT2D eigenvalue weighted by Gasteiger charge is 2.48. The molecule has 0 aliphatic carbocycles. The molecule has 0 nitrogen and oxygen atoms in total. The van der Waals surface area contributed by atoms with Crippen molar-refractivity contribution in [2.24, 2.45) is 0 Å². The molecular formula is C7H7F7. The molecule has 0 rings (SSSR count). The van der Waals surface area contributed by atoms with Gasteiger partial charge >= 0.3 is 6.18 Å². The van der Waals surface area contributed by atoms with Gasteiger partial charge < -0.3 is 0 Å². The van der Waals surface area contributed by atoms with Gasteiger partial charge in [-0.3, -0.25) is 0 Å². The van der Waals surface area contributed by atoms with E-state index >= 15 is 0 Å². The first kappa shape index (κ1) is 13.2. The van der Waals surface area contributed by atoms with E-state index in [2.05, 4.69) is 0 Å². The van der Waals surface area contributed by atoms with E-state index in [1.165, 1.54) is 0 Å². The second-order valence-electron chi connectivity index (χ2n) is 2.90. The lowest BCUT2D eigenvalue weighted by Crippen LogP contribution is -2.29. The van der Waals surface area contributed by atoms with Gasteiger partial charge in [-0.1, -0.05) is 0 Å². The van der Waals surface area contributed by atoms with Crippen LogP contribution in [0.5, 0.6) is 0 Å². The topological polar surface area (TPSA) is 0 Å². The third-order valence-corrected chi connectivity index (χ3v) is 1.18. The Morgan fingerprint density at radius 1 is 0.857 bits per heavy atom. The SMILES string of the molecule is CC(F)(F)C=C(C(C)(F)F)C(F)(F)F. The number of halogens is 7. The van der Waals surface area contributed by atoms with Crippen molar-refractivity contribution in [2.75, 3.05) is 0 Å². The lowest BCUT2D eigenvalue weighted by atomic mass is 10.1. The van der Waals surface area contributed by atoms with Gasteiger partial charge in [0.1, 0.15) is 5.57 Å². The second kappa shape index (κ2) is 3.43. The van der Waals surface area contributed by atoms with E-state index in [-0.39, 0.29) is 13.8 Å². The first-order chi connectivity index (χ1) is 5.84. The third-order valence-electron chi connectivity index (χ3n) is 1.18. The van der Waals surface area contributed by atoms with E-state index in [9.17, 15) is 30.7 Å². The Hall–Kier alpha value is -0.750. The lowest BCUT2D eigenvalue weighted by Gasteiger charge is -2.19. The number of rotatable bonds is 2. The zero-order valence-electron chi connectivity index (χ0n) is 7.22. The molecule has 0 amide bonds. The van der Waals surface area contributed by atoms with Gasteiger partial charge in [-0.15, -0.1) is 0 Å². The van der Waals surface area contributed by atoms with Gasteiger partial charge in [-0.2, -0.15) is 13.2 Å². The highest BCUT2D eigenvalue weighted by molar-refractivity contribution is 5.20. The van der Waals surface area contributed by atoms with Crippen LogP contribution >= 0.6 is 0 Å². The average Bonchev–Trinajstić information content (AvgIpc) is 1.75.